The van der Waals surface area contributed by atoms with Gasteiger partial charge < -0.3 is 9.47 Å². The van der Waals surface area contributed by atoms with Gasteiger partial charge in [0.2, 0.25) is 0 Å². The summed E-state index contributed by atoms with van der Waals surface area (Å²) in [4.78, 5) is 1.28. The summed E-state index contributed by atoms with van der Waals surface area (Å²) in [5.74, 6) is 0.933. The van der Waals surface area contributed by atoms with Crippen molar-refractivity contribution in [3.05, 3.63) is 30.3 Å². The van der Waals surface area contributed by atoms with Gasteiger partial charge in [-0.05, 0) is 32.9 Å². The number of hydrogen-bond donors (Lipinski definition) is 0. The predicted octanol–water partition coefficient (Wildman–Crippen LogP) is 3.61. The Morgan fingerprint density at radius 3 is 2.47 bits per heavy atom. The van der Waals surface area contributed by atoms with E-state index in [4.69, 9.17) is 9.47 Å². The van der Waals surface area contributed by atoms with Gasteiger partial charge in [0.1, 0.15) is 0 Å². The first kappa shape index (κ1) is 14.6. The summed E-state index contributed by atoms with van der Waals surface area (Å²) in [6.45, 7) is 7.55. The van der Waals surface area contributed by atoms with Gasteiger partial charge in [0.15, 0.2) is 0 Å². The minimum absolute atomic E-state index is 0.167. The molecule has 0 radical (unpaired) electrons. The zero-order chi connectivity index (χ0) is 12.5. The lowest BCUT2D eigenvalue weighted by molar-refractivity contribution is -0.0299. The molecule has 2 nitrogen and oxygen atoms in total. The predicted molar refractivity (Wildman–Crippen MR) is 73.7 cm³/mol. The van der Waals surface area contributed by atoms with Crippen molar-refractivity contribution in [3.63, 3.8) is 0 Å². The maximum atomic E-state index is 5.83. The van der Waals surface area contributed by atoms with Crippen LogP contribution in [0.2, 0.25) is 0 Å². The Kier molecular flexibility index (Phi) is 7.33. The monoisotopic (exact) mass is 254 g/mol. The van der Waals surface area contributed by atoms with Gasteiger partial charge in [-0.1, -0.05) is 18.2 Å². The molecule has 0 bridgehead atoms. The third-order valence-corrected chi connectivity index (χ3v) is 3.30. The molecular formula is C14H22O2S. The fourth-order valence-corrected chi connectivity index (χ4v) is 2.37. The molecule has 1 unspecified atom stereocenters. The summed E-state index contributed by atoms with van der Waals surface area (Å²) >= 11 is 1.82. The van der Waals surface area contributed by atoms with E-state index in [0.717, 1.165) is 12.4 Å². The lowest BCUT2D eigenvalue weighted by Crippen LogP contribution is -2.26. The van der Waals surface area contributed by atoms with Crippen LogP contribution in [0.25, 0.3) is 0 Å². The highest BCUT2D eigenvalue weighted by atomic mass is 32.2. The molecule has 0 spiro atoms. The van der Waals surface area contributed by atoms with E-state index >= 15 is 0 Å². The molecule has 1 rings (SSSR count). The van der Waals surface area contributed by atoms with Crippen LogP contribution in [0.5, 0.6) is 0 Å². The summed E-state index contributed by atoms with van der Waals surface area (Å²) in [6, 6.07) is 10.4. The summed E-state index contributed by atoms with van der Waals surface area (Å²) in [5, 5.41) is 0. The Morgan fingerprint density at radius 2 is 1.88 bits per heavy atom. The van der Waals surface area contributed by atoms with E-state index in [1.807, 2.05) is 24.8 Å². The van der Waals surface area contributed by atoms with E-state index < -0.39 is 0 Å². The minimum atomic E-state index is 0.167. The quantitative estimate of drug-likeness (QED) is 0.660. The van der Waals surface area contributed by atoms with E-state index in [1.165, 1.54) is 4.90 Å². The molecule has 0 saturated heterocycles. The van der Waals surface area contributed by atoms with Crippen LogP contribution >= 0.6 is 11.8 Å². The highest BCUT2D eigenvalue weighted by molar-refractivity contribution is 7.99. The average molecular weight is 254 g/mol. The van der Waals surface area contributed by atoms with Gasteiger partial charge in [-0.3, -0.25) is 0 Å². The molecule has 96 valence electrons. The van der Waals surface area contributed by atoms with Crippen molar-refractivity contribution < 1.29 is 9.47 Å². The molecule has 0 aromatic heterocycles. The molecule has 0 saturated carbocycles. The van der Waals surface area contributed by atoms with Crippen molar-refractivity contribution in [2.45, 2.75) is 37.9 Å². The number of thioether (sulfide) groups is 1. The Bertz CT molecular complexity index is 288. The van der Waals surface area contributed by atoms with E-state index in [-0.39, 0.29) is 12.2 Å². The van der Waals surface area contributed by atoms with E-state index in [0.29, 0.717) is 6.61 Å². The average Bonchev–Trinajstić information content (AvgIpc) is 2.33. The molecule has 3 heteroatoms. The second-order valence-corrected chi connectivity index (χ2v) is 5.18. The summed E-state index contributed by atoms with van der Waals surface area (Å²) in [6.07, 6.45) is 0.414. The number of rotatable bonds is 8. The van der Waals surface area contributed by atoms with E-state index in [2.05, 4.69) is 38.1 Å². The lowest BCUT2D eigenvalue weighted by atomic mass is 10.4. The zero-order valence-corrected chi connectivity index (χ0v) is 11.7. The van der Waals surface area contributed by atoms with E-state index in [1.54, 1.807) is 0 Å². The van der Waals surface area contributed by atoms with Crippen LogP contribution in [0.4, 0.5) is 0 Å². The molecule has 0 aliphatic heterocycles. The van der Waals surface area contributed by atoms with Gasteiger partial charge in [-0.15, -0.1) is 11.8 Å². The standard InChI is InChI=1S/C14H22O2S/c1-4-15-10-13(16-12(2)3)11-17-14-8-6-5-7-9-14/h5-9,12-13H,4,10-11H2,1-3H3. The first-order chi connectivity index (χ1) is 8.22. The van der Waals surface area contributed by atoms with Crippen LogP contribution < -0.4 is 0 Å². The molecule has 0 fully saturated rings. The Balaban J connectivity index is 2.37. The minimum Gasteiger partial charge on any atom is -0.379 e. The van der Waals surface area contributed by atoms with Crippen LogP contribution in [0.15, 0.2) is 35.2 Å². The zero-order valence-electron chi connectivity index (χ0n) is 10.9. The van der Waals surface area contributed by atoms with Gasteiger partial charge in [0.05, 0.1) is 18.8 Å². The normalized spacial score (nSPS) is 12.9. The van der Waals surface area contributed by atoms with Crippen molar-refractivity contribution in [2.75, 3.05) is 19.0 Å². The second-order valence-electron chi connectivity index (χ2n) is 4.09. The molecule has 17 heavy (non-hydrogen) atoms. The molecule has 1 aromatic carbocycles. The third-order valence-electron chi connectivity index (χ3n) is 2.15. The van der Waals surface area contributed by atoms with Crippen LogP contribution in [0, 0.1) is 0 Å². The number of ether oxygens (including phenoxy) is 2. The fourth-order valence-electron chi connectivity index (χ4n) is 1.47. The topological polar surface area (TPSA) is 18.5 Å². The van der Waals surface area contributed by atoms with E-state index in [9.17, 15) is 0 Å². The smallest absolute Gasteiger partial charge is 0.0905 e. The summed E-state index contributed by atoms with van der Waals surface area (Å²) in [5.41, 5.74) is 0. The van der Waals surface area contributed by atoms with Gasteiger partial charge in [-0.25, -0.2) is 0 Å². The molecule has 0 aliphatic carbocycles. The van der Waals surface area contributed by atoms with Gasteiger partial charge >= 0.3 is 0 Å². The van der Waals surface area contributed by atoms with Crippen molar-refractivity contribution in [3.8, 4) is 0 Å². The van der Waals surface area contributed by atoms with Crippen molar-refractivity contribution >= 4 is 11.8 Å². The van der Waals surface area contributed by atoms with Crippen LogP contribution in [-0.2, 0) is 9.47 Å². The molecule has 0 aliphatic rings. The lowest BCUT2D eigenvalue weighted by Gasteiger charge is -2.19. The van der Waals surface area contributed by atoms with Crippen molar-refractivity contribution in [2.24, 2.45) is 0 Å². The number of hydrogen-bond acceptors (Lipinski definition) is 3. The third kappa shape index (κ3) is 6.71. The van der Waals surface area contributed by atoms with Gasteiger partial charge in [0, 0.05) is 17.3 Å². The molecular weight excluding hydrogens is 232 g/mol. The maximum absolute atomic E-state index is 5.83. The van der Waals surface area contributed by atoms with Crippen LogP contribution in [0.3, 0.4) is 0 Å². The second kappa shape index (κ2) is 8.56. The van der Waals surface area contributed by atoms with Crippen LogP contribution in [-0.4, -0.2) is 31.2 Å². The van der Waals surface area contributed by atoms with Crippen molar-refractivity contribution in [1.82, 2.24) is 0 Å². The Morgan fingerprint density at radius 1 is 1.18 bits per heavy atom. The molecule has 0 N–H and O–H groups in total. The summed E-state index contributed by atoms with van der Waals surface area (Å²) < 4.78 is 11.3. The summed E-state index contributed by atoms with van der Waals surface area (Å²) in [7, 11) is 0. The maximum Gasteiger partial charge on any atom is 0.0905 e. The van der Waals surface area contributed by atoms with Crippen molar-refractivity contribution in [1.29, 1.82) is 0 Å². The Labute approximate surface area is 109 Å². The first-order valence-electron chi connectivity index (χ1n) is 6.13. The molecule has 1 atom stereocenters. The first-order valence-corrected chi connectivity index (χ1v) is 7.12. The SMILES string of the molecule is CCOCC(CSc1ccccc1)OC(C)C. The number of benzene rings is 1. The largest absolute Gasteiger partial charge is 0.379 e. The molecule has 1 aromatic rings. The Hall–Kier alpha value is -0.510. The highest BCUT2D eigenvalue weighted by Gasteiger charge is 2.11. The molecule has 0 amide bonds. The molecule has 0 heterocycles. The fraction of sp³-hybridized carbons (Fsp3) is 0.571. The van der Waals surface area contributed by atoms with Crippen LogP contribution in [0.1, 0.15) is 20.8 Å². The highest BCUT2D eigenvalue weighted by Crippen LogP contribution is 2.19. The van der Waals surface area contributed by atoms with Gasteiger partial charge in [0.25, 0.3) is 0 Å². The van der Waals surface area contributed by atoms with Gasteiger partial charge in [-0.2, -0.15) is 0 Å².